The Morgan fingerprint density at radius 1 is 1.22 bits per heavy atom. The van der Waals surface area contributed by atoms with Gasteiger partial charge in [0.1, 0.15) is 0 Å². The van der Waals surface area contributed by atoms with Gasteiger partial charge in [0.05, 0.1) is 10.6 Å². The third kappa shape index (κ3) is 3.95. The second kappa shape index (κ2) is 6.76. The standard InChI is InChI=1S/C17H21N3O2S/c1-23(21,22)16-5-2-8-19-17(16)15-4-3-11-20(13-15)12-14-6-9-18-10-7-14/h2,5-10,15H,3-4,11-13H2,1H3/t15-/m1/s1. The Hall–Kier alpha value is -1.79. The number of sulfone groups is 1. The van der Waals surface area contributed by atoms with Crippen molar-refractivity contribution in [3.05, 3.63) is 54.1 Å². The normalized spacial score (nSPS) is 19.6. The molecule has 3 rings (SSSR count). The molecule has 1 aliphatic heterocycles. The van der Waals surface area contributed by atoms with E-state index in [4.69, 9.17) is 0 Å². The minimum absolute atomic E-state index is 0.163. The maximum atomic E-state index is 12.0. The van der Waals surface area contributed by atoms with Gasteiger partial charge >= 0.3 is 0 Å². The van der Waals surface area contributed by atoms with Crippen molar-refractivity contribution in [2.24, 2.45) is 0 Å². The van der Waals surface area contributed by atoms with Crippen LogP contribution in [0.5, 0.6) is 0 Å². The maximum Gasteiger partial charge on any atom is 0.177 e. The third-order valence-electron chi connectivity index (χ3n) is 4.25. The molecule has 0 unspecified atom stereocenters. The van der Waals surface area contributed by atoms with Gasteiger partial charge in [-0.05, 0) is 49.2 Å². The fourth-order valence-corrected chi connectivity index (χ4v) is 4.12. The van der Waals surface area contributed by atoms with E-state index in [1.165, 1.54) is 11.8 Å². The van der Waals surface area contributed by atoms with Gasteiger partial charge in [0.15, 0.2) is 9.84 Å². The Bertz CT molecular complexity index is 762. The van der Waals surface area contributed by atoms with Gasteiger partial charge in [0.2, 0.25) is 0 Å². The lowest BCUT2D eigenvalue weighted by Gasteiger charge is -2.33. The molecule has 0 saturated carbocycles. The summed E-state index contributed by atoms with van der Waals surface area (Å²) >= 11 is 0. The molecule has 1 saturated heterocycles. The summed E-state index contributed by atoms with van der Waals surface area (Å²) in [5, 5.41) is 0. The Kier molecular flexibility index (Phi) is 4.73. The van der Waals surface area contributed by atoms with Gasteiger partial charge in [-0.1, -0.05) is 0 Å². The van der Waals surface area contributed by atoms with Crippen LogP contribution in [0.4, 0.5) is 0 Å². The molecular weight excluding hydrogens is 310 g/mol. The molecular formula is C17H21N3O2S. The number of piperidine rings is 1. The van der Waals surface area contributed by atoms with Gasteiger partial charge in [0.25, 0.3) is 0 Å². The summed E-state index contributed by atoms with van der Waals surface area (Å²) in [6, 6.07) is 7.40. The average Bonchev–Trinajstić information content (AvgIpc) is 2.55. The zero-order valence-electron chi connectivity index (χ0n) is 13.2. The predicted molar refractivity (Wildman–Crippen MR) is 88.8 cm³/mol. The molecule has 1 aliphatic rings. The van der Waals surface area contributed by atoms with E-state index in [2.05, 4.69) is 14.9 Å². The van der Waals surface area contributed by atoms with Crippen LogP contribution in [-0.2, 0) is 16.4 Å². The first-order valence-electron chi connectivity index (χ1n) is 7.80. The van der Waals surface area contributed by atoms with Crippen molar-refractivity contribution in [2.75, 3.05) is 19.3 Å². The van der Waals surface area contributed by atoms with E-state index in [0.717, 1.165) is 38.2 Å². The summed E-state index contributed by atoms with van der Waals surface area (Å²) in [5.74, 6) is 0.163. The van der Waals surface area contributed by atoms with Gasteiger partial charge in [-0.2, -0.15) is 0 Å². The molecule has 0 aromatic carbocycles. The molecule has 0 N–H and O–H groups in total. The molecule has 2 aromatic heterocycles. The van der Waals surface area contributed by atoms with Crippen molar-refractivity contribution in [1.82, 2.24) is 14.9 Å². The molecule has 0 spiro atoms. The lowest BCUT2D eigenvalue weighted by Crippen LogP contribution is -2.34. The molecule has 122 valence electrons. The molecule has 5 nitrogen and oxygen atoms in total. The minimum atomic E-state index is -3.25. The highest BCUT2D eigenvalue weighted by Crippen LogP contribution is 2.30. The molecule has 23 heavy (non-hydrogen) atoms. The van der Waals surface area contributed by atoms with Crippen LogP contribution in [0, 0.1) is 0 Å². The average molecular weight is 331 g/mol. The maximum absolute atomic E-state index is 12.0. The monoisotopic (exact) mass is 331 g/mol. The van der Waals surface area contributed by atoms with Crippen molar-refractivity contribution in [3.63, 3.8) is 0 Å². The van der Waals surface area contributed by atoms with Crippen molar-refractivity contribution in [1.29, 1.82) is 0 Å². The number of hydrogen-bond donors (Lipinski definition) is 0. The van der Waals surface area contributed by atoms with Crippen LogP contribution in [0.1, 0.15) is 30.0 Å². The molecule has 3 heterocycles. The quantitative estimate of drug-likeness (QED) is 0.860. The van der Waals surface area contributed by atoms with Crippen molar-refractivity contribution in [3.8, 4) is 0 Å². The zero-order valence-corrected chi connectivity index (χ0v) is 14.0. The second-order valence-corrected chi connectivity index (χ2v) is 8.07. The van der Waals surface area contributed by atoms with Crippen LogP contribution in [0.15, 0.2) is 47.8 Å². The Balaban J connectivity index is 1.79. The molecule has 0 aliphatic carbocycles. The summed E-state index contributed by atoms with van der Waals surface area (Å²) < 4.78 is 24.0. The van der Waals surface area contributed by atoms with Crippen LogP contribution in [0.25, 0.3) is 0 Å². The highest BCUT2D eigenvalue weighted by atomic mass is 32.2. The van der Waals surface area contributed by atoms with Crippen molar-refractivity contribution < 1.29 is 8.42 Å². The minimum Gasteiger partial charge on any atom is -0.298 e. The van der Waals surface area contributed by atoms with Gasteiger partial charge < -0.3 is 0 Å². The summed E-state index contributed by atoms with van der Waals surface area (Å²) in [6.45, 7) is 2.72. The first-order chi connectivity index (χ1) is 11.0. The molecule has 6 heteroatoms. The van der Waals surface area contributed by atoms with E-state index in [0.29, 0.717) is 4.90 Å². The van der Waals surface area contributed by atoms with Crippen LogP contribution in [-0.4, -0.2) is 42.6 Å². The largest absolute Gasteiger partial charge is 0.298 e. The lowest BCUT2D eigenvalue weighted by atomic mass is 9.94. The molecule has 0 bridgehead atoms. The summed E-state index contributed by atoms with van der Waals surface area (Å²) in [4.78, 5) is 11.2. The smallest absolute Gasteiger partial charge is 0.177 e. The molecule has 1 fully saturated rings. The fraction of sp³-hybridized carbons (Fsp3) is 0.412. The molecule has 0 radical (unpaired) electrons. The van der Waals surface area contributed by atoms with Crippen molar-refractivity contribution >= 4 is 9.84 Å². The Morgan fingerprint density at radius 2 is 2.00 bits per heavy atom. The van der Waals surface area contributed by atoms with Crippen LogP contribution < -0.4 is 0 Å². The van der Waals surface area contributed by atoms with E-state index in [1.54, 1.807) is 30.7 Å². The highest BCUT2D eigenvalue weighted by molar-refractivity contribution is 7.90. The topological polar surface area (TPSA) is 63.2 Å². The van der Waals surface area contributed by atoms with Gasteiger partial charge in [-0.3, -0.25) is 14.9 Å². The number of hydrogen-bond acceptors (Lipinski definition) is 5. The van der Waals surface area contributed by atoms with Crippen molar-refractivity contribution in [2.45, 2.75) is 30.2 Å². The predicted octanol–water partition coefficient (Wildman–Crippen LogP) is 2.26. The molecule has 0 amide bonds. The number of nitrogens with zero attached hydrogens (tertiary/aromatic N) is 3. The van der Waals surface area contributed by atoms with E-state index >= 15 is 0 Å². The number of pyridine rings is 2. The molecule has 2 aromatic rings. The van der Waals surface area contributed by atoms with E-state index in [1.807, 2.05) is 12.1 Å². The van der Waals surface area contributed by atoms with E-state index in [9.17, 15) is 8.42 Å². The summed E-state index contributed by atoms with van der Waals surface area (Å²) in [6.07, 6.45) is 8.58. The van der Waals surface area contributed by atoms with Crippen LogP contribution in [0.3, 0.4) is 0 Å². The highest BCUT2D eigenvalue weighted by Gasteiger charge is 2.26. The SMILES string of the molecule is CS(=O)(=O)c1cccnc1[C@@H]1CCCN(Cc2ccncc2)C1. The lowest BCUT2D eigenvalue weighted by molar-refractivity contribution is 0.197. The second-order valence-electron chi connectivity index (χ2n) is 6.09. The first kappa shape index (κ1) is 16.1. The van der Waals surface area contributed by atoms with Gasteiger partial charge in [-0.15, -0.1) is 0 Å². The first-order valence-corrected chi connectivity index (χ1v) is 9.69. The fourth-order valence-electron chi connectivity index (χ4n) is 3.19. The number of rotatable bonds is 4. The van der Waals surface area contributed by atoms with Crippen LogP contribution >= 0.6 is 0 Å². The summed E-state index contributed by atoms with van der Waals surface area (Å²) in [5.41, 5.74) is 1.94. The Morgan fingerprint density at radius 3 is 2.74 bits per heavy atom. The number of aromatic nitrogens is 2. The van der Waals surface area contributed by atoms with Gasteiger partial charge in [0, 0.05) is 43.9 Å². The Labute approximate surface area is 137 Å². The number of likely N-dealkylation sites (tertiary alicyclic amines) is 1. The summed E-state index contributed by atoms with van der Waals surface area (Å²) in [7, 11) is -3.25. The zero-order chi connectivity index (χ0) is 16.3. The van der Waals surface area contributed by atoms with E-state index in [-0.39, 0.29) is 5.92 Å². The van der Waals surface area contributed by atoms with E-state index < -0.39 is 9.84 Å². The van der Waals surface area contributed by atoms with Crippen LogP contribution in [0.2, 0.25) is 0 Å². The van der Waals surface area contributed by atoms with Gasteiger partial charge in [-0.25, -0.2) is 8.42 Å². The third-order valence-corrected chi connectivity index (χ3v) is 5.39. The molecule has 1 atom stereocenters.